The number of carbonyl (C=O) groups excluding carboxylic acids is 1. The van der Waals surface area contributed by atoms with E-state index in [0.29, 0.717) is 12.2 Å². The molecule has 110 valence electrons. The summed E-state index contributed by atoms with van der Waals surface area (Å²) in [6.07, 6.45) is 0. The first kappa shape index (κ1) is 15.5. The molecule has 0 atom stereocenters. The van der Waals surface area contributed by atoms with Crippen LogP contribution in [0.2, 0.25) is 5.02 Å². The first-order valence-corrected chi connectivity index (χ1v) is 7.04. The Hall–Kier alpha value is -1.91. The molecule has 0 aromatic heterocycles. The fraction of sp³-hybridized carbons (Fsp3) is 0.188. The molecule has 0 aliphatic carbocycles. The second-order valence-corrected chi connectivity index (χ2v) is 4.93. The Morgan fingerprint density at radius 2 is 2.00 bits per heavy atom. The van der Waals surface area contributed by atoms with E-state index in [1.165, 1.54) is 12.1 Å². The third-order valence-electron chi connectivity index (χ3n) is 3.01. The molecule has 5 heteroatoms. The molecule has 2 N–H and O–H groups in total. The van der Waals surface area contributed by atoms with Crippen LogP contribution in [0.25, 0.3) is 0 Å². The number of rotatable bonds is 5. The van der Waals surface area contributed by atoms with Gasteiger partial charge in [-0.3, -0.25) is 4.79 Å². The van der Waals surface area contributed by atoms with Gasteiger partial charge in [0, 0.05) is 17.8 Å². The van der Waals surface area contributed by atoms with Gasteiger partial charge in [0.1, 0.15) is 5.82 Å². The molecule has 0 aliphatic heterocycles. The van der Waals surface area contributed by atoms with Gasteiger partial charge in [0.05, 0.1) is 5.02 Å². The smallest absolute Gasteiger partial charge is 0.255 e. The van der Waals surface area contributed by atoms with E-state index in [2.05, 4.69) is 10.6 Å². The van der Waals surface area contributed by atoms with Crippen molar-refractivity contribution in [3.05, 3.63) is 64.4 Å². The Labute approximate surface area is 128 Å². The zero-order valence-corrected chi connectivity index (χ0v) is 12.4. The Balaban J connectivity index is 2.17. The van der Waals surface area contributed by atoms with Crippen LogP contribution in [0, 0.1) is 5.82 Å². The fourth-order valence-corrected chi connectivity index (χ4v) is 2.01. The second-order valence-electron chi connectivity index (χ2n) is 4.52. The number of carbonyl (C=O) groups is 1. The summed E-state index contributed by atoms with van der Waals surface area (Å²) in [6.45, 7) is 3.50. The van der Waals surface area contributed by atoms with Gasteiger partial charge in [-0.15, -0.1) is 0 Å². The summed E-state index contributed by atoms with van der Waals surface area (Å²) in [5.74, 6) is -0.972. The molecular formula is C16H16ClFN2O. The number of anilines is 1. The second kappa shape index (κ2) is 7.20. The van der Waals surface area contributed by atoms with Crippen LogP contribution in [0.1, 0.15) is 22.8 Å². The summed E-state index contributed by atoms with van der Waals surface area (Å²) in [7, 11) is 0. The Bertz CT molecular complexity index is 646. The van der Waals surface area contributed by atoms with E-state index in [-0.39, 0.29) is 16.5 Å². The van der Waals surface area contributed by atoms with Gasteiger partial charge in [0.25, 0.3) is 5.91 Å². The van der Waals surface area contributed by atoms with E-state index in [1.54, 1.807) is 0 Å². The molecule has 3 nitrogen and oxygen atoms in total. The van der Waals surface area contributed by atoms with Crippen molar-refractivity contribution in [2.24, 2.45) is 0 Å². The van der Waals surface area contributed by atoms with Gasteiger partial charge in [-0.05, 0) is 36.4 Å². The van der Waals surface area contributed by atoms with Gasteiger partial charge in [0.2, 0.25) is 0 Å². The summed E-state index contributed by atoms with van der Waals surface area (Å²) in [5.41, 5.74) is 1.91. The zero-order chi connectivity index (χ0) is 15.2. The van der Waals surface area contributed by atoms with E-state index in [4.69, 9.17) is 11.6 Å². The normalized spacial score (nSPS) is 10.4. The Morgan fingerprint density at radius 3 is 2.71 bits per heavy atom. The molecule has 1 amide bonds. The number of amides is 1. The number of para-hydroxylation sites is 1. The van der Waals surface area contributed by atoms with Crippen LogP contribution >= 0.6 is 11.6 Å². The maximum Gasteiger partial charge on any atom is 0.255 e. The van der Waals surface area contributed by atoms with Crippen LogP contribution in [0.4, 0.5) is 10.1 Å². The van der Waals surface area contributed by atoms with Crippen molar-refractivity contribution < 1.29 is 9.18 Å². The molecule has 2 rings (SSSR count). The largest absolute Gasteiger partial charge is 0.322 e. The quantitative estimate of drug-likeness (QED) is 0.881. The highest BCUT2D eigenvalue weighted by molar-refractivity contribution is 6.30. The topological polar surface area (TPSA) is 41.1 Å². The SMILES string of the molecule is CCNCc1ccccc1NC(=O)c1ccc(Cl)c(F)c1. The Kier molecular flexibility index (Phi) is 5.31. The van der Waals surface area contributed by atoms with E-state index in [1.807, 2.05) is 31.2 Å². The molecular weight excluding hydrogens is 291 g/mol. The lowest BCUT2D eigenvalue weighted by Crippen LogP contribution is -2.17. The van der Waals surface area contributed by atoms with E-state index >= 15 is 0 Å². The van der Waals surface area contributed by atoms with Gasteiger partial charge < -0.3 is 10.6 Å². The Morgan fingerprint density at radius 1 is 1.24 bits per heavy atom. The first-order chi connectivity index (χ1) is 10.1. The summed E-state index contributed by atoms with van der Waals surface area (Å²) < 4.78 is 13.4. The lowest BCUT2D eigenvalue weighted by molar-refractivity contribution is 0.102. The summed E-state index contributed by atoms with van der Waals surface area (Å²) >= 11 is 5.61. The average Bonchev–Trinajstić information content (AvgIpc) is 2.49. The molecule has 0 spiro atoms. The van der Waals surface area contributed by atoms with Gasteiger partial charge in [-0.25, -0.2) is 4.39 Å². The molecule has 0 fully saturated rings. The van der Waals surface area contributed by atoms with Gasteiger partial charge >= 0.3 is 0 Å². The van der Waals surface area contributed by atoms with Gasteiger partial charge in [-0.1, -0.05) is 36.7 Å². The average molecular weight is 307 g/mol. The van der Waals surface area contributed by atoms with E-state index in [0.717, 1.165) is 18.2 Å². The minimum Gasteiger partial charge on any atom is -0.322 e. The van der Waals surface area contributed by atoms with Gasteiger partial charge in [0.15, 0.2) is 0 Å². The highest BCUT2D eigenvalue weighted by Crippen LogP contribution is 2.19. The van der Waals surface area contributed by atoms with Crippen molar-refractivity contribution in [1.82, 2.24) is 5.32 Å². The third kappa shape index (κ3) is 4.03. The van der Waals surface area contributed by atoms with Crippen molar-refractivity contribution in [2.45, 2.75) is 13.5 Å². The van der Waals surface area contributed by atoms with Crippen molar-refractivity contribution in [2.75, 3.05) is 11.9 Å². The lowest BCUT2D eigenvalue weighted by Gasteiger charge is -2.11. The standard InChI is InChI=1S/C16H16ClFN2O/c1-2-19-10-12-5-3-4-6-15(12)20-16(21)11-7-8-13(17)14(18)9-11/h3-9,19H,2,10H2,1H3,(H,20,21). The number of hydrogen-bond acceptors (Lipinski definition) is 2. The molecule has 0 bridgehead atoms. The molecule has 0 heterocycles. The molecule has 0 aliphatic rings. The van der Waals surface area contributed by atoms with Crippen LogP contribution < -0.4 is 10.6 Å². The molecule has 0 unspecified atom stereocenters. The van der Waals surface area contributed by atoms with Crippen molar-refractivity contribution in [1.29, 1.82) is 0 Å². The maximum atomic E-state index is 13.4. The van der Waals surface area contributed by atoms with Crippen LogP contribution in [-0.2, 0) is 6.54 Å². The predicted molar refractivity (Wildman–Crippen MR) is 83.2 cm³/mol. The molecule has 21 heavy (non-hydrogen) atoms. The summed E-state index contributed by atoms with van der Waals surface area (Å²) in [5, 5.41) is 6.00. The van der Waals surface area contributed by atoms with Crippen LogP contribution in [0.5, 0.6) is 0 Å². The highest BCUT2D eigenvalue weighted by Gasteiger charge is 2.11. The minimum absolute atomic E-state index is 0.000837. The molecule has 2 aromatic rings. The first-order valence-electron chi connectivity index (χ1n) is 6.67. The number of hydrogen-bond donors (Lipinski definition) is 2. The van der Waals surface area contributed by atoms with Crippen LogP contribution in [0.3, 0.4) is 0 Å². The fourth-order valence-electron chi connectivity index (χ4n) is 1.89. The zero-order valence-electron chi connectivity index (χ0n) is 11.6. The minimum atomic E-state index is -0.606. The van der Waals surface area contributed by atoms with Crippen molar-refractivity contribution >= 4 is 23.2 Å². The van der Waals surface area contributed by atoms with E-state index < -0.39 is 5.82 Å². The van der Waals surface area contributed by atoms with Crippen LogP contribution in [-0.4, -0.2) is 12.5 Å². The summed E-state index contributed by atoms with van der Waals surface area (Å²) in [4.78, 5) is 12.2. The lowest BCUT2D eigenvalue weighted by atomic mass is 10.1. The maximum absolute atomic E-state index is 13.4. The number of benzene rings is 2. The monoisotopic (exact) mass is 306 g/mol. The third-order valence-corrected chi connectivity index (χ3v) is 3.32. The van der Waals surface area contributed by atoms with Crippen molar-refractivity contribution in [3.8, 4) is 0 Å². The van der Waals surface area contributed by atoms with E-state index in [9.17, 15) is 9.18 Å². The number of nitrogens with one attached hydrogen (secondary N) is 2. The molecule has 0 saturated heterocycles. The molecule has 0 saturated carbocycles. The molecule has 2 aromatic carbocycles. The van der Waals surface area contributed by atoms with Gasteiger partial charge in [-0.2, -0.15) is 0 Å². The van der Waals surface area contributed by atoms with Crippen molar-refractivity contribution in [3.63, 3.8) is 0 Å². The highest BCUT2D eigenvalue weighted by atomic mass is 35.5. The number of halogens is 2. The summed E-state index contributed by atoms with van der Waals surface area (Å²) in [6, 6.07) is 11.5. The molecule has 0 radical (unpaired) electrons. The van der Waals surface area contributed by atoms with Crippen LogP contribution in [0.15, 0.2) is 42.5 Å². The predicted octanol–water partition coefficient (Wildman–Crippen LogP) is 3.84.